The largest absolute Gasteiger partial charge is 0.497 e. The van der Waals surface area contributed by atoms with Crippen LogP contribution in [0.4, 0.5) is 0 Å². The predicted molar refractivity (Wildman–Crippen MR) is 77.0 cm³/mol. The van der Waals surface area contributed by atoms with Gasteiger partial charge in [-0.05, 0) is 38.1 Å². The molecule has 2 aromatic rings. The van der Waals surface area contributed by atoms with Gasteiger partial charge < -0.3 is 15.2 Å². The molecule has 5 heteroatoms. The molecule has 0 radical (unpaired) electrons. The molecule has 106 valence electrons. The number of nitrogens with zero attached hydrogens (tertiary/aromatic N) is 1. The third-order valence-corrected chi connectivity index (χ3v) is 3.04. The van der Waals surface area contributed by atoms with Gasteiger partial charge in [-0.3, -0.25) is 9.78 Å². The van der Waals surface area contributed by atoms with Crippen molar-refractivity contribution in [3.05, 3.63) is 35.5 Å². The number of benzene rings is 1. The van der Waals surface area contributed by atoms with Crippen molar-refractivity contribution in [3.8, 4) is 5.75 Å². The number of hydrogen-bond acceptors (Lipinski definition) is 4. The van der Waals surface area contributed by atoms with Crippen LogP contribution in [0.2, 0.25) is 0 Å². The third kappa shape index (κ3) is 2.88. The van der Waals surface area contributed by atoms with Crippen molar-refractivity contribution in [2.75, 3.05) is 13.7 Å². The summed E-state index contributed by atoms with van der Waals surface area (Å²) in [6, 6.07) is 6.87. The first kappa shape index (κ1) is 14.3. The van der Waals surface area contributed by atoms with Gasteiger partial charge in [0.05, 0.1) is 24.8 Å². The molecule has 0 spiro atoms. The second kappa shape index (κ2) is 5.88. The van der Waals surface area contributed by atoms with E-state index in [2.05, 4.69) is 10.3 Å². The topological polar surface area (TPSA) is 71.5 Å². The summed E-state index contributed by atoms with van der Waals surface area (Å²) >= 11 is 0. The van der Waals surface area contributed by atoms with E-state index in [0.29, 0.717) is 11.3 Å². The standard InChI is InChI=1S/C15H18N2O3/c1-9-6-13(15(19)17-10(2)8-18)12-7-11(20-3)4-5-14(12)16-9/h4-7,10,18H,8H2,1-3H3,(H,17,19). The molecule has 5 nitrogen and oxygen atoms in total. The van der Waals surface area contributed by atoms with Gasteiger partial charge in [0.15, 0.2) is 0 Å². The number of methoxy groups -OCH3 is 1. The van der Waals surface area contributed by atoms with Gasteiger partial charge in [0.1, 0.15) is 5.75 Å². The summed E-state index contributed by atoms with van der Waals surface area (Å²) in [6.45, 7) is 3.49. The van der Waals surface area contributed by atoms with Gasteiger partial charge in [-0.2, -0.15) is 0 Å². The fourth-order valence-electron chi connectivity index (χ4n) is 2.00. The zero-order chi connectivity index (χ0) is 14.7. The number of aryl methyl sites for hydroxylation is 1. The maximum atomic E-state index is 12.3. The number of amides is 1. The van der Waals surface area contributed by atoms with Crippen molar-refractivity contribution in [1.82, 2.24) is 10.3 Å². The smallest absolute Gasteiger partial charge is 0.252 e. The molecule has 1 heterocycles. The molecule has 20 heavy (non-hydrogen) atoms. The Morgan fingerprint density at radius 1 is 1.45 bits per heavy atom. The Morgan fingerprint density at radius 2 is 2.20 bits per heavy atom. The van der Waals surface area contributed by atoms with Crippen LogP contribution in [0.1, 0.15) is 23.0 Å². The van der Waals surface area contributed by atoms with E-state index < -0.39 is 0 Å². The SMILES string of the molecule is COc1ccc2nc(C)cc(C(=O)NC(C)CO)c2c1. The van der Waals surface area contributed by atoms with Gasteiger partial charge in [0.25, 0.3) is 5.91 Å². The fourth-order valence-corrected chi connectivity index (χ4v) is 2.00. The fraction of sp³-hybridized carbons (Fsp3) is 0.333. The summed E-state index contributed by atoms with van der Waals surface area (Å²) in [6.07, 6.45) is 0. The molecule has 0 fully saturated rings. The Balaban J connectivity index is 2.52. The maximum Gasteiger partial charge on any atom is 0.252 e. The van der Waals surface area contributed by atoms with Crippen LogP contribution < -0.4 is 10.1 Å². The number of aliphatic hydroxyl groups excluding tert-OH is 1. The predicted octanol–water partition coefficient (Wildman–Crippen LogP) is 1.66. The van der Waals surface area contributed by atoms with Gasteiger partial charge in [0.2, 0.25) is 0 Å². The molecule has 2 N–H and O–H groups in total. The first-order valence-corrected chi connectivity index (χ1v) is 6.42. The number of fused-ring (bicyclic) bond motifs is 1. The second-order valence-corrected chi connectivity index (χ2v) is 4.75. The Labute approximate surface area is 117 Å². The highest BCUT2D eigenvalue weighted by Crippen LogP contribution is 2.23. The Kier molecular flexibility index (Phi) is 4.20. The van der Waals surface area contributed by atoms with Gasteiger partial charge in [-0.25, -0.2) is 0 Å². The van der Waals surface area contributed by atoms with Gasteiger partial charge in [-0.15, -0.1) is 0 Å². The minimum Gasteiger partial charge on any atom is -0.497 e. The molecule has 1 amide bonds. The van der Waals surface area contributed by atoms with Gasteiger partial charge >= 0.3 is 0 Å². The molecular formula is C15H18N2O3. The van der Waals surface area contributed by atoms with Crippen LogP contribution >= 0.6 is 0 Å². The summed E-state index contributed by atoms with van der Waals surface area (Å²) in [5.74, 6) is 0.447. The Hall–Kier alpha value is -2.14. The molecule has 0 aliphatic carbocycles. The summed E-state index contributed by atoms with van der Waals surface area (Å²) in [5.41, 5.74) is 2.05. The van der Waals surface area contributed by atoms with Crippen molar-refractivity contribution < 1.29 is 14.6 Å². The highest BCUT2D eigenvalue weighted by Gasteiger charge is 2.14. The minimum absolute atomic E-state index is 0.100. The Morgan fingerprint density at radius 3 is 2.85 bits per heavy atom. The van der Waals surface area contributed by atoms with Crippen molar-refractivity contribution in [1.29, 1.82) is 0 Å². The molecule has 0 aliphatic heterocycles. The Bertz CT molecular complexity index is 640. The number of aromatic nitrogens is 1. The number of hydrogen-bond donors (Lipinski definition) is 2. The molecule has 1 atom stereocenters. The molecule has 1 unspecified atom stereocenters. The molecule has 2 rings (SSSR count). The lowest BCUT2D eigenvalue weighted by Crippen LogP contribution is -2.35. The summed E-state index contributed by atoms with van der Waals surface area (Å²) in [7, 11) is 1.58. The van der Waals surface area contributed by atoms with E-state index in [4.69, 9.17) is 9.84 Å². The van der Waals surface area contributed by atoms with Crippen molar-refractivity contribution in [3.63, 3.8) is 0 Å². The van der Waals surface area contributed by atoms with Crippen molar-refractivity contribution in [2.45, 2.75) is 19.9 Å². The lowest BCUT2D eigenvalue weighted by atomic mass is 10.1. The monoisotopic (exact) mass is 274 g/mol. The zero-order valence-corrected chi connectivity index (χ0v) is 11.8. The number of nitrogens with one attached hydrogen (secondary N) is 1. The van der Waals surface area contributed by atoms with Crippen LogP contribution in [0.5, 0.6) is 5.75 Å². The third-order valence-electron chi connectivity index (χ3n) is 3.04. The van der Waals surface area contributed by atoms with Crippen molar-refractivity contribution >= 4 is 16.8 Å². The summed E-state index contributed by atoms with van der Waals surface area (Å²) < 4.78 is 5.19. The number of carbonyl (C=O) groups is 1. The van der Waals surface area contributed by atoms with Gasteiger partial charge in [0, 0.05) is 17.1 Å². The highest BCUT2D eigenvalue weighted by atomic mass is 16.5. The summed E-state index contributed by atoms with van der Waals surface area (Å²) in [5, 5.41) is 12.5. The lowest BCUT2D eigenvalue weighted by Gasteiger charge is -2.13. The first-order valence-electron chi connectivity index (χ1n) is 6.42. The normalized spacial score (nSPS) is 12.2. The van der Waals surface area contributed by atoms with Crippen LogP contribution in [0.25, 0.3) is 10.9 Å². The quantitative estimate of drug-likeness (QED) is 0.889. The van der Waals surface area contributed by atoms with E-state index in [9.17, 15) is 4.79 Å². The number of ether oxygens (including phenoxy) is 1. The zero-order valence-electron chi connectivity index (χ0n) is 11.8. The van der Waals surface area contributed by atoms with Crippen LogP contribution in [0.3, 0.4) is 0 Å². The van der Waals surface area contributed by atoms with Crippen LogP contribution in [-0.2, 0) is 0 Å². The molecule has 0 bridgehead atoms. The van der Waals surface area contributed by atoms with E-state index in [1.54, 1.807) is 26.2 Å². The van der Waals surface area contributed by atoms with E-state index in [1.807, 2.05) is 19.1 Å². The number of carbonyl (C=O) groups excluding carboxylic acids is 1. The van der Waals surface area contributed by atoms with Crippen LogP contribution in [0.15, 0.2) is 24.3 Å². The molecule has 1 aromatic carbocycles. The second-order valence-electron chi connectivity index (χ2n) is 4.75. The van der Waals surface area contributed by atoms with Crippen molar-refractivity contribution in [2.24, 2.45) is 0 Å². The molecule has 0 saturated carbocycles. The summed E-state index contributed by atoms with van der Waals surface area (Å²) in [4.78, 5) is 16.7. The van der Waals surface area contributed by atoms with E-state index >= 15 is 0 Å². The lowest BCUT2D eigenvalue weighted by molar-refractivity contribution is 0.0924. The van der Waals surface area contributed by atoms with E-state index in [1.165, 1.54) is 0 Å². The molecular weight excluding hydrogens is 256 g/mol. The molecule has 0 aliphatic rings. The highest BCUT2D eigenvalue weighted by molar-refractivity contribution is 6.06. The van der Waals surface area contributed by atoms with Crippen LogP contribution in [0, 0.1) is 6.92 Å². The average Bonchev–Trinajstić information content (AvgIpc) is 2.45. The molecule has 1 aromatic heterocycles. The first-order chi connectivity index (χ1) is 9.55. The number of aliphatic hydroxyl groups is 1. The number of pyridine rings is 1. The van der Waals surface area contributed by atoms with Gasteiger partial charge in [-0.1, -0.05) is 0 Å². The minimum atomic E-state index is -0.295. The van der Waals surface area contributed by atoms with E-state index in [-0.39, 0.29) is 18.6 Å². The van der Waals surface area contributed by atoms with Crippen LogP contribution in [-0.4, -0.2) is 35.8 Å². The maximum absolute atomic E-state index is 12.3. The number of rotatable bonds is 4. The van der Waals surface area contributed by atoms with E-state index in [0.717, 1.165) is 16.6 Å². The average molecular weight is 274 g/mol. The molecule has 0 saturated heterocycles.